The average molecular weight is 321 g/mol. The molecule has 3 rings (SSSR count). The number of nitrogens with one attached hydrogen (secondary N) is 1. The Morgan fingerprint density at radius 2 is 1.71 bits per heavy atom. The molecule has 120 valence electrons. The van der Waals surface area contributed by atoms with Crippen LogP contribution >= 0.6 is 0 Å². The molecule has 0 fully saturated rings. The third kappa shape index (κ3) is 3.57. The zero-order valence-corrected chi connectivity index (χ0v) is 13.1. The van der Waals surface area contributed by atoms with Crippen LogP contribution in [0.4, 0.5) is 21.6 Å². The van der Waals surface area contributed by atoms with Crippen LogP contribution in [0.5, 0.6) is 0 Å². The molecule has 1 amide bonds. The van der Waals surface area contributed by atoms with Gasteiger partial charge >= 0.3 is 0 Å². The van der Waals surface area contributed by atoms with E-state index in [9.17, 15) is 9.18 Å². The van der Waals surface area contributed by atoms with Crippen molar-refractivity contribution >= 4 is 23.1 Å². The number of hydrogen-bond donors (Lipinski definition) is 1. The molecule has 1 heterocycles. The lowest BCUT2D eigenvalue weighted by Crippen LogP contribution is -2.13. The van der Waals surface area contributed by atoms with E-state index in [0.29, 0.717) is 11.3 Å². The minimum Gasteiger partial charge on any atom is -0.329 e. The van der Waals surface area contributed by atoms with Crippen molar-refractivity contribution in [2.24, 2.45) is 0 Å². The third-order valence-electron chi connectivity index (χ3n) is 3.60. The van der Waals surface area contributed by atoms with Gasteiger partial charge in [0.1, 0.15) is 11.6 Å². The molecule has 0 bridgehead atoms. The number of carbonyl (C=O) groups excluding carboxylic acids is 1. The summed E-state index contributed by atoms with van der Waals surface area (Å²) in [5.74, 6) is 0.0865. The number of carbonyl (C=O) groups is 1. The molecule has 1 aromatic heterocycles. The zero-order chi connectivity index (χ0) is 16.9. The summed E-state index contributed by atoms with van der Waals surface area (Å²) in [7, 11) is 1.93. The molecule has 0 spiro atoms. The molecule has 0 aliphatic heterocycles. The summed E-state index contributed by atoms with van der Waals surface area (Å²) in [5.41, 5.74) is 1.99. The number of nitrogens with zero attached hydrogens (tertiary/aromatic N) is 2. The van der Waals surface area contributed by atoms with Crippen molar-refractivity contribution < 1.29 is 9.18 Å². The van der Waals surface area contributed by atoms with E-state index in [1.165, 1.54) is 24.3 Å². The van der Waals surface area contributed by atoms with Crippen molar-refractivity contribution in [1.29, 1.82) is 0 Å². The van der Waals surface area contributed by atoms with Crippen molar-refractivity contribution in [2.45, 2.75) is 0 Å². The maximum absolute atomic E-state index is 12.9. The fourth-order valence-corrected chi connectivity index (χ4v) is 2.25. The molecule has 0 radical (unpaired) electrons. The standard InChI is InChI=1S/C19H16FN3O/c1-23(17-5-3-2-4-6-17)18-12-11-16(13-21-18)22-19(24)14-7-9-15(20)10-8-14/h2-13H,1H3,(H,22,24). The zero-order valence-electron chi connectivity index (χ0n) is 13.1. The fraction of sp³-hybridized carbons (Fsp3) is 0.0526. The van der Waals surface area contributed by atoms with Crippen molar-refractivity contribution in [2.75, 3.05) is 17.3 Å². The van der Waals surface area contributed by atoms with Crippen LogP contribution < -0.4 is 10.2 Å². The van der Waals surface area contributed by atoms with E-state index < -0.39 is 0 Å². The van der Waals surface area contributed by atoms with Gasteiger partial charge in [-0.05, 0) is 48.5 Å². The van der Waals surface area contributed by atoms with Gasteiger partial charge in [-0.15, -0.1) is 0 Å². The van der Waals surface area contributed by atoms with Crippen molar-refractivity contribution in [1.82, 2.24) is 4.98 Å². The van der Waals surface area contributed by atoms with Crippen LogP contribution in [0.3, 0.4) is 0 Å². The summed E-state index contributed by atoms with van der Waals surface area (Å²) in [5, 5.41) is 2.74. The van der Waals surface area contributed by atoms with E-state index in [2.05, 4.69) is 10.3 Å². The van der Waals surface area contributed by atoms with Crippen molar-refractivity contribution in [3.05, 3.63) is 84.3 Å². The average Bonchev–Trinajstić information content (AvgIpc) is 2.63. The second kappa shape index (κ2) is 6.91. The molecule has 4 nitrogen and oxygen atoms in total. The molecule has 0 aliphatic rings. The smallest absolute Gasteiger partial charge is 0.255 e. The summed E-state index contributed by atoms with van der Waals surface area (Å²) in [4.78, 5) is 18.4. The monoisotopic (exact) mass is 321 g/mol. The topological polar surface area (TPSA) is 45.2 Å². The Hall–Kier alpha value is -3.21. The third-order valence-corrected chi connectivity index (χ3v) is 3.60. The molecule has 3 aromatic rings. The first-order valence-electron chi connectivity index (χ1n) is 7.45. The molecular weight excluding hydrogens is 305 g/mol. The van der Waals surface area contributed by atoms with E-state index in [-0.39, 0.29) is 11.7 Å². The minimum absolute atomic E-state index is 0.305. The highest BCUT2D eigenvalue weighted by molar-refractivity contribution is 6.04. The number of benzene rings is 2. The summed E-state index contributed by atoms with van der Waals surface area (Å²) in [6.07, 6.45) is 1.59. The molecule has 0 saturated heterocycles. The van der Waals surface area contributed by atoms with E-state index in [0.717, 1.165) is 11.5 Å². The quantitative estimate of drug-likeness (QED) is 0.782. The highest BCUT2D eigenvalue weighted by atomic mass is 19.1. The lowest BCUT2D eigenvalue weighted by atomic mass is 10.2. The number of para-hydroxylation sites is 1. The van der Waals surface area contributed by atoms with Gasteiger partial charge in [0.15, 0.2) is 0 Å². The van der Waals surface area contributed by atoms with Gasteiger partial charge in [0.2, 0.25) is 0 Å². The molecule has 0 unspecified atom stereocenters. The summed E-state index contributed by atoms with van der Waals surface area (Å²) in [6, 6.07) is 18.9. The Balaban J connectivity index is 1.70. The van der Waals surface area contributed by atoms with E-state index in [1.54, 1.807) is 12.3 Å². The SMILES string of the molecule is CN(c1ccccc1)c1ccc(NC(=O)c2ccc(F)cc2)cn1. The first kappa shape index (κ1) is 15.7. The number of rotatable bonds is 4. The molecule has 0 atom stereocenters. The predicted octanol–water partition coefficient (Wildman–Crippen LogP) is 4.24. The Bertz CT molecular complexity index is 817. The maximum atomic E-state index is 12.9. The molecule has 5 heteroatoms. The van der Waals surface area contributed by atoms with Crippen LogP contribution in [0.25, 0.3) is 0 Å². The highest BCUT2D eigenvalue weighted by Gasteiger charge is 2.08. The highest BCUT2D eigenvalue weighted by Crippen LogP contribution is 2.22. The van der Waals surface area contributed by atoms with Gasteiger partial charge in [-0.3, -0.25) is 4.79 Å². The number of anilines is 3. The summed E-state index contributed by atoms with van der Waals surface area (Å²) < 4.78 is 12.9. The lowest BCUT2D eigenvalue weighted by molar-refractivity contribution is 0.102. The van der Waals surface area contributed by atoms with Gasteiger partial charge in [-0.2, -0.15) is 0 Å². The number of aromatic nitrogens is 1. The van der Waals surface area contributed by atoms with E-state index in [4.69, 9.17) is 0 Å². The van der Waals surface area contributed by atoms with Gasteiger partial charge < -0.3 is 10.2 Å². The van der Waals surface area contributed by atoms with Gasteiger partial charge in [-0.1, -0.05) is 18.2 Å². The molecular formula is C19H16FN3O. The Morgan fingerprint density at radius 1 is 1.00 bits per heavy atom. The number of halogens is 1. The number of hydrogen-bond acceptors (Lipinski definition) is 3. The molecule has 0 aliphatic carbocycles. The molecule has 0 saturated carbocycles. The largest absolute Gasteiger partial charge is 0.329 e. The van der Waals surface area contributed by atoms with Gasteiger partial charge in [0, 0.05) is 18.3 Å². The number of pyridine rings is 1. The first-order valence-corrected chi connectivity index (χ1v) is 7.45. The van der Waals surface area contributed by atoms with Crippen LogP contribution in [0.15, 0.2) is 72.9 Å². The van der Waals surface area contributed by atoms with Crippen molar-refractivity contribution in [3.63, 3.8) is 0 Å². The molecule has 1 N–H and O–H groups in total. The molecule has 2 aromatic carbocycles. The first-order chi connectivity index (χ1) is 11.6. The fourth-order valence-electron chi connectivity index (χ4n) is 2.25. The van der Waals surface area contributed by atoms with Gasteiger partial charge in [0.25, 0.3) is 5.91 Å². The van der Waals surface area contributed by atoms with Gasteiger partial charge in [0.05, 0.1) is 11.9 Å². The Kier molecular flexibility index (Phi) is 4.52. The summed E-state index contributed by atoms with van der Waals surface area (Å²) in [6.45, 7) is 0. The minimum atomic E-state index is -0.374. The predicted molar refractivity (Wildman–Crippen MR) is 93.1 cm³/mol. The van der Waals surface area contributed by atoms with Crippen molar-refractivity contribution in [3.8, 4) is 0 Å². The number of amides is 1. The van der Waals surface area contributed by atoms with Crippen LogP contribution in [-0.2, 0) is 0 Å². The van der Waals surface area contributed by atoms with Crippen LogP contribution in [0, 0.1) is 5.82 Å². The van der Waals surface area contributed by atoms with E-state index >= 15 is 0 Å². The van der Waals surface area contributed by atoms with Crippen LogP contribution in [0.1, 0.15) is 10.4 Å². The Morgan fingerprint density at radius 3 is 2.33 bits per heavy atom. The Labute approximate surface area is 139 Å². The second-order valence-electron chi connectivity index (χ2n) is 5.26. The molecule has 24 heavy (non-hydrogen) atoms. The lowest BCUT2D eigenvalue weighted by Gasteiger charge is -2.18. The van der Waals surface area contributed by atoms with Crippen LogP contribution in [-0.4, -0.2) is 17.9 Å². The van der Waals surface area contributed by atoms with E-state index in [1.807, 2.05) is 48.3 Å². The summed E-state index contributed by atoms with van der Waals surface area (Å²) >= 11 is 0. The van der Waals surface area contributed by atoms with Gasteiger partial charge in [-0.25, -0.2) is 9.37 Å². The van der Waals surface area contributed by atoms with Crippen LogP contribution in [0.2, 0.25) is 0 Å². The second-order valence-corrected chi connectivity index (χ2v) is 5.26. The maximum Gasteiger partial charge on any atom is 0.255 e. The normalized spacial score (nSPS) is 10.2.